The zero-order chi connectivity index (χ0) is 11.4. The van der Waals surface area contributed by atoms with E-state index in [2.05, 4.69) is 5.32 Å². The summed E-state index contributed by atoms with van der Waals surface area (Å²) >= 11 is 0. The van der Waals surface area contributed by atoms with Gasteiger partial charge in [-0.15, -0.1) is 0 Å². The maximum Gasteiger partial charge on any atom is 0.271 e. The fourth-order valence-corrected chi connectivity index (χ4v) is 1.20. The Morgan fingerprint density at radius 1 is 1.60 bits per heavy atom. The number of hydrogen-bond acceptors (Lipinski definition) is 4. The molecule has 5 nitrogen and oxygen atoms in total. The Balaban J connectivity index is 2.95. The number of nitro benzene ring substituents is 1. The number of benzene rings is 1. The van der Waals surface area contributed by atoms with Crippen molar-refractivity contribution < 1.29 is 4.92 Å². The highest BCUT2D eigenvalue weighted by molar-refractivity contribution is 5.57. The molecule has 1 aromatic carbocycles. The van der Waals surface area contributed by atoms with E-state index >= 15 is 0 Å². The Bertz CT molecular complexity index is 366. The molecule has 0 amide bonds. The van der Waals surface area contributed by atoms with Gasteiger partial charge in [0.1, 0.15) is 0 Å². The smallest absolute Gasteiger partial charge is 0.271 e. The summed E-state index contributed by atoms with van der Waals surface area (Å²) in [6, 6.07) is 4.85. The van der Waals surface area contributed by atoms with Crippen LogP contribution in [0, 0.1) is 17.0 Å². The van der Waals surface area contributed by atoms with Crippen LogP contribution in [0.4, 0.5) is 11.4 Å². The molecule has 82 valence electrons. The summed E-state index contributed by atoms with van der Waals surface area (Å²) in [4.78, 5) is 10.2. The normalized spacial score (nSPS) is 12.2. The summed E-state index contributed by atoms with van der Waals surface area (Å²) in [7, 11) is 0. The molecule has 15 heavy (non-hydrogen) atoms. The van der Waals surface area contributed by atoms with E-state index in [0.717, 1.165) is 11.3 Å². The maximum absolute atomic E-state index is 10.6. The molecule has 3 N–H and O–H groups in total. The number of hydrogen-bond donors (Lipinski definition) is 2. The first-order valence-electron chi connectivity index (χ1n) is 4.76. The second-order valence-electron chi connectivity index (χ2n) is 3.54. The van der Waals surface area contributed by atoms with Crippen molar-refractivity contribution in [2.45, 2.75) is 19.9 Å². The third-order valence-electron chi connectivity index (χ3n) is 2.19. The van der Waals surface area contributed by atoms with Gasteiger partial charge in [0.2, 0.25) is 0 Å². The molecule has 0 radical (unpaired) electrons. The highest BCUT2D eigenvalue weighted by atomic mass is 16.6. The van der Waals surface area contributed by atoms with Crippen LogP contribution in [-0.2, 0) is 0 Å². The summed E-state index contributed by atoms with van der Waals surface area (Å²) in [5, 5.41) is 13.7. The van der Waals surface area contributed by atoms with Gasteiger partial charge >= 0.3 is 0 Å². The van der Waals surface area contributed by atoms with Crippen molar-refractivity contribution in [3.63, 3.8) is 0 Å². The van der Waals surface area contributed by atoms with Gasteiger partial charge in [-0.25, -0.2) is 0 Å². The van der Waals surface area contributed by atoms with Crippen LogP contribution < -0.4 is 11.1 Å². The summed E-state index contributed by atoms with van der Waals surface area (Å²) < 4.78 is 0. The first-order valence-corrected chi connectivity index (χ1v) is 4.76. The second-order valence-corrected chi connectivity index (χ2v) is 3.54. The average molecular weight is 209 g/mol. The lowest BCUT2D eigenvalue weighted by Crippen LogP contribution is -2.25. The van der Waals surface area contributed by atoms with E-state index in [1.165, 1.54) is 12.1 Å². The summed E-state index contributed by atoms with van der Waals surface area (Å²) in [6.45, 7) is 4.32. The van der Waals surface area contributed by atoms with Crippen molar-refractivity contribution in [3.8, 4) is 0 Å². The molecule has 1 atom stereocenters. The van der Waals surface area contributed by atoms with E-state index in [4.69, 9.17) is 5.73 Å². The molecule has 0 aliphatic carbocycles. The van der Waals surface area contributed by atoms with Crippen molar-refractivity contribution in [1.29, 1.82) is 0 Å². The molecule has 0 saturated carbocycles. The van der Waals surface area contributed by atoms with Gasteiger partial charge in [0.05, 0.1) is 4.92 Å². The van der Waals surface area contributed by atoms with E-state index in [-0.39, 0.29) is 11.7 Å². The number of rotatable bonds is 4. The summed E-state index contributed by atoms with van der Waals surface area (Å²) in [6.07, 6.45) is 0. The van der Waals surface area contributed by atoms with Gasteiger partial charge in [0.25, 0.3) is 5.69 Å². The molecule has 0 bridgehead atoms. The van der Waals surface area contributed by atoms with Crippen molar-refractivity contribution >= 4 is 11.4 Å². The molecule has 0 heterocycles. The van der Waals surface area contributed by atoms with Gasteiger partial charge in [-0.05, 0) is 19.4 Å². The van der Waals surface area contributed by atoms with E-state index < -0.39 is 4.92 Å². The standard InChI is InChI=1S/C10H15N3O2/c1-7-3-4-9(13(14)15)5-10(7)12-8(2)6-11/h3-5,8,12H,6,11H2,1-2H3. The molecule has 0 aliphatic rings. The lowest BCUT2D eigenvalue weighted by atomic mass is 10.1. The van der Waals surface area contributed by atoms with Gasteiger partial charge in [0, 0.05) is 30.4 Å². The zero-order valence-electron chi connectivity index (χ0n) is 8.86. The van der Waals surface area contributed by atoms with Gasteiger partial charge in [-0.2, -0.15) is 0 Å². The largest absolute Gasteiger partial charge is 0.381 e. The van der Waals surface area contributed by atoms with Crippen LogP contribution in [0.5, 0.6) is 0 Å². The van der Waals surface area contributed by atoms with E-state index in [0.29, 0.717) is 6.54 Å². The SMILES string of the molecule is Cc1ccc([N+](=O)[O-])cc1NC(C)CN. The maximum atomic E-state index is 10.6. The van der Waals surface area contributed by atoms with Crippen LogP contribution in [0.1, 0.15) is 12.5 Å². The predicted octanol–water partition coefficient (Wildman–Crippen LogP) is 1.66. The van der Waals surface area contributed by atoms with E-state index in [9.17, 15) is 10.1 Å². The van der Waals surface area contributed by atoms with Crippen LogP contribution in [0.3, 0.4) is 0 Å². The Morgan fingerprint density at radius 2 is 2.27 bits per heavy atom. The Morgan fingerprint density at radius 3 is 2.80 bits per heavy atom. The van der Waals surface area contributed by atoms with Gasteiger partial charge in [0.15, 0.2) is 0 Å². The van der Waals surface area contributed by atoms with Crippen LogP contribution >= 0.6 is 0 Å². The molecule has 0 saturated heterocycles. The number of nitro groups is 1. The van der Waals surface area contributed by atoms with E-state index in [1.54, 1.807) is 6.07 Å². The number of nitrogens with zero attached hydrogens (tertiary/aromatic N) is 1. The summed E-state index contributed by atoms with van der Waals surface area (Å²) in [5.41, 5.74) is 7.30. The fourth-order valence-electron chi connectivity index (χ4n) is 1.20. The Hall–Kier alpha value is -1.62. The number of nitrogens with one attached hydrogen (secondary N) is 1. The third-order valence-corrected chi connectivity index (χ3v) is 2.19. The van der Waals surface area contributed by atoms with Gasteiger partial charge in [-0.1, -0.05) is 6.07 Å². The highest BCUT2D eigenvalue weighted by Gasteiger charge is 2.09. The minimum atomic E-state index is -0.405. The number of non-ortho nitro benzene ring substituents is 1. The molecule has 1 rings (SSSR count). The quantitative estimate of drug-likeness (QED) is 0.583. The van der Waals surface area contributed by atoms with E-state index in [1.807, 2.05) is 13.8 Å². The lowest BCUT2D eigenvalue weighted by molar-refractivity contribution is -0.384. The predicted molar refractivity (Wildman–Crippen MR) is 60.0 cm³/mol. The minimum absolute atomic E-state index is 0.0901. The first kappa shape index (κ1) is 11.5. The lowest BCUT2D eigenvalue weighted by Gasteiger charge is -2.14. The van der Waals surface area contributed by atoms with Crippen molar-refractivity contribution in [3.05, 3.63) is 33.9 Å². The van der Waals surface area contributed by atoms with Crippen LogP contribution in [0.25, 0.3) is 0 Å². The molecule has 0 fully saturated rings. The van der Waals surface area contributed by atoms with Crippen LogP contribution in [0.15, 0.2) is 18.2 Å². The van der Waals surface area contributed by atoms with Crippen molar-refractivity contribution in [2.24, 2.45) is 5.73 Å². The van der Waals surface area contributed by atoms with Gasteiger partial charge in [-0.3, -0.25) is 10.1 Å². The average Bonchev–Trinajstić information content (AvgIpc) is 2.20. The number of aryl methyl sites for hydroxylation is 1. The molecule has 0 aliphatic heterocycles. The fraction of sp³-hybridized carbons (Fsp3) is 0.400. The molecule has 0 spiro atoms. The molecule has 0 aromatic heterocycles. The molecule has 1 unspecified atom stereocenters. The molecule has 5 heteroatoms. The minimum Gasteiger partial charge on any atom is -0.381 e. The second kappa shape index (κ2) is 4.75. The number of nitrogens with two attached hydrogens (primary N) is 1. The Labute approximate surface area is 88.4 Å². The van der Waals surface area contributed by atoms with Gasteiger partial charge < -0.3 is 11.1 Å². The monoisotopic (exact) mass is 209 g/mol. The summed E-state index contributed by atoms with van der Waals surface area (Å²) in [5.74, 6) is 0. The van der Waals surface area contributed by atoms with Crippen LogP contribution in [-0.4, -0.2) is 17.5 Å². The zero-order valence-corrected chi connectivity index (χ0v) is 8.86. The van der Waals surface area contributed by atoms with Crippen molar-refractivity contribution in [1.82, 2.24) is 0 Å². The third kappa shape index (κ3) is 2.92. The number of anilines is 1. The molecular formula is C10H15N3O2. The highest BCUT2D eigenvalue weighted by Crippen LogP contribution is 2.22. The first-order chi connectivity index (χ1) is 7.04. The Kier molecular flexibility index (Phi) is 3.62. The molecular weight excluding hydrogens is 194 g/mol. The van der Waals surface area contributed by atoms with Crippen molar-refractivity contribution in [2.75, 3.05) is 11.9 Å². The van der Waals surface area contributed by atoms with Crippen LogP contribution in [0.2, 0.25) is 0 Å². The topological polar surface area (TPSA) is 81.2 Å². The molecule has 1 aromatic rings.